The van der Waals surface area contributed by atoms with E-state index in [-0.39, 0.29) is 11.8 Å². The zero-order valence-corrected chi connectivity index (χ0v) is 15.0. The lowest BCUT2D eigenvalue weighted by molar-refractivity contribution is -0.117. The van der Waals surface area contributed by atoms with Gasteiger partial charge in [-0.25, -0.2) is 0 Å². The molecule has 1 aliphatic rings. The predicted molar refractivity (Wildman–Crippen MR) is 94.9 cm³/mol. The van der Waals surface area contributed by atoms with Crippen LogP contribution < -0.4 is 10.2 Å². The highest BCUT2D eigenvalue weighted by molar-refractivity contribution is 7.15. The Morgan fingerprint density at radius 3 is 2.83 bits per heavy atom. The Kier molecular flexibility index (Phi) is 5.03. The van der Waals surface area contributed by atoms with Crippen molar-refractivity contribution in [3.63, 3.8) is 0 Å². The molecule has 2 aromatic rings. The van der Waals surface area contributed by atoms with Crippen molar-refractivity contribution < 1.29 is 9.59 Å². The van der Waals surface area contributed by atoms with Crippen LogP contribution in [0.15, 0.2) is 24.3 Å². The SMILES string of the molecule is Cc1ccccc1N1CC(c2nnc(NC(=O)C(Cl)Cl)s2)CC1=O. The summed E-state index contributed by atoms with van der Waals surface area (Å²) in [5, 5.41) is 11.5. The minimum atomic E-state index is -1.16. The number of alkyl halides is 2. The number of halogens is 2. The van der Waals surface area contributed by atoms with Crippen molar-refractivity contribution in [2.75, 3.05) is 16.8 Å². The molecule has 0 radical (unpaired) electrons. The summed E-state index contributed by atoms with van der Waals surface area (Å²) in [4.78, 5) is 24.4. The van der Waals surface area contributed by atoms with Crippen LogP contribution in [0.2, 0.25) is 0 Å². The van der Waals surface area contributed by atoms with Crippen molar-refractivity contribution in [3.05, 3.63) is 34.8 Å². The van der Waals surface area contributed by atoms with Gasteiger partial charge in [-0.3, -0.25) is 14.9 Å². The van der Waals surface area contributed by atoms with Gasteiger partial charge in [0.15, 0.2) is 4.84 Å². The summed E-state index contributed by atoms with van der Waals surface area (Å²) < 4.78 is 0. The molecule has 0 aliphatic carbocycles. The predicted octanol–water partition coefficient (Wildman–Crippen LogP) is 3.11. The van der Waals surface area contributed by atoms with Crippen molar-refractivity contribution in [2.45, 2.75) is 24.1 Å². The van der Waals surface area contributed by atoms with Gasteiger partial charge in [0.2, 0.25) is 11.0 Å². The van der Waals surface area contributed by atoms with E-state index in [1.54, 1.807) is 4.90 Å². The van der Waals surface area contributed by atoms with Gasteiger partial charge in [0.05, 0.1) is 0 Å². The van der Waals surface area contributed by atoms with E-state index in [0.29, 0.717) is 23.1 Å². The molecule has 1 atom stereocenters. The number of para-hydroxylation sites is 1. The van der Waals surface area contributed by atoms with E-state index >= 15 is 0 Å². The molecule has 1 saturated heterocycles. The minimum Gasteiger partial charge on any atom is -0.311 e. The summed E-state index contributed by atoms with van der Waals surface area (Å²) in [6, 6.07) is 7.76. The Labute approximate surface area is 152 Å². The molecule has 0 spiro atoms. The van der Waals surface area contributed by atoms with E-state index in [9.17, 15) is 9.59 Å². The first-order chi connectivity index (χ1) is 11.5. The third kappa shape index (κ3) is 3.53. The lowest BCUT2D eigenvalue weighted by Gasteiger charge is -2.18. The molecule has 1 unspecified atom stereocenters. The fourth-order valence-electron chi connectivity index (χ4n) is 2.58. The van der Waals surface area contributed by atoms with E-state index < -0.39 is 10.7 Å². The second kappa shape index (κ2) is 7.04. The molecule has 9 heteroatoms. The lowest BCUT2D eigenvalue weighted by Crippen LogP contribution is -2.25. The minimum absolute atomic E-state index is 0.0525. The van der Waals surface area contributed by atoms with Gasteiger partial charge >= 0.3 is 0 Å². The Hall–Kier alpha value is -1.70. The third-order valence-corrected chi connectivity index (χ3v) is 5.15. The zero-order valence-electron chi connectivity index (χ0n) is 12.7. The maximum atomic E-state index is 12.4. The molecule has 2 amide bonds. The van der Waals surface area contributed by atoms with Crippen LogP contribution in [0, 0.1) is 6.92 Å². The van der Waals surface area contributed by atoms with Gasteiger partial charge in [-0.05, 0) is 18.6 Å². The van der Waals surface area contributed by atoms with Crippen LogP contribution in [0.5, 0.6) is 0 Å². The normalized spacial score (nSPS) is 17.6. The van der Waals surface area contributed by atoms with Crippen LogP contribution in [0.4, 0.5) is 10.8 Å². The highest BCUT2D eigenvalue weighted by atomic mass is 35.5. The highest BCUT2D eigenvalue weighted by Gasteiger charge is 2.34. The average molecular weight is 385 g/mol. The quantitative estimate of drug-likeness (QED) is 0.821. The van der Waals surface area contributed by atoms with Crippen molar-refractivity contribution in [3.8, 4) is 0 Å². The second-order valence-electron chi connectivity index (χ2n) is 5.43. The van der Waals surface area contributed by atoms with Gasteiger partial charge < -0.3 is 4.90 Å². The first-order valence-corrected chi connectivity index (χ1v) is 8.93. The van der Waals surface area contributed by atoms with Crippen molar-refractivity contribution in [1.29, 1.82) is 0 Å². The molecule has 1 aliphatic heterocycles. The summed E-state index contributed by atoms with van der Waals surface area (Å²) in [5.41, 5.74) is 1.96. The summed E-state index contributed by atoms with van der Waals surface area (Å²) in [5.74, 6) is -0.551. The van der Waals surface area contributed by atoms with E-state index in [0.717, 1.165) is 11.3 Å². The number of benzene rings is 1. The average Bonchev–Trinajstić information content (AvgIpc) is 3.14. The van der Waals surface area contributed by atoms with Crippen LogP contribution in [-0.2, 0) is 9.59 Å². The van der Waals surface area contributed by atoms with E-state index in [1.807, 2.05) is 31.2 Å². The van der Waals surface area contributed by atoms with Crippen LogP contribution in [0.25, 0.3) is 0 Å². The molecule has 0 saturated carbocycles. The number of amides is 2. The third-order valence-electron chi connectivity index (χ3n) is 3.75. The van der Waals surface area contributed by atoms with Crippen LogP contribution in [0.1, 0.15) is 22.9 Å². The Bertz CT molecular complexity index is 780. The summed E-state index contributed by atoms with van der Waals surface area (Å²) in [6.45, 7) is 2.52. The van der Waals surface area contributed by atoms with Crippen molar-refractivity contribution >= 4 is 57.2 Å². The maximum Gasteiger partial charge on any atom is 0.259 e. The second-order valence-corrected chi connectivity index (χ2v) is 7.53. The van der Waals surface area contributed by atoms with Gasteiger partial charge in [0, 0.05) is 24.6 Å². The van der Waals surface area contributed by atoms with Crippen molar-refractivity contribution in [1.82, 2.24) is 10.2 Å². The number of nitrogens with one attached hydrogen (secondary N) is 1. The van der Waals surface area contributed by atoms with Crippen LogP contribution >= 0.6 is 34.5 Å². The number of hydrogen-bond donors (Lipinski definition) is 1. The highest BCUT2D eigenvalue weighted by Crippen LogP contribution is 2.35. The number of hydrogen-bond acceptors (Lipinski definition) is 5. The van der Waals surface area contributed by atoms with Gasteiger partial charge in [0.1, 0.15) is 5.01 Å². The zero-order chi connectivity index (χ0) is 17.3. The number of aromatic nitrogens is 2. The Morgan fingerprint density at radius 1 is 1.38 bits per heavy atom. The molecule has 126 valence electrons. The number of rotatable bonds is 4. The molecule has 0 bridgehead atoms. The number of anilines is 2. The Balaban J connectivity index is 1.74. The lowest BCUT2D eigenvalue weighted by atomic mass is 10.1. The molecule has 1 aromatic carbocycles. The monoisotopic (exact) mass is 384 g/mol. The molecule has 3 rings (SSSR count). The summed E-state index contributed by atoms with van der Waals surface area (Å²) in [6.07, 6.45) is 0.366. The molecule has 24 heavy (non-hydrogen) atoms. The standard InChI is InChI=1S/C15H14Cl2N4O2S/c1-8-4-2-3-5-10(8)21-7-9(6-11(21)22)14-19-20-15(24-14)18-13(23)12(16)17/h2-5,9,12H,6-7H2,1H3,(H,18,20,23). The molecular weight excluding hydrogens is 371 g/mol. The van der Waals surface area contributed by atoms with Gasteiger partial charge in [-0.15, -0.1) is 10.2 Å². The number of carbonyl (C=O) groups excluding carboxylic acids is 2. The van der Waals surface area contributed by atoms with E-state index in [1.165, 1.54) is 11.3 Å². The number of aryl methyl sites for hydroxylation is 1. The fourth-order valence-corrected chi connectivity index (χ4v) is 3.53. The van der Waals surface area contributed by atoms with Crippen molar-refractivity contribution in [2.24, 2.45) is 0 Å². The van der Waals surface area contributed by atoms with E-state index in [2.05, 4.69) is 15.5 Å². The molecule has 1 N–H and O–H groups in total. The van der Waals surface area contributed by atoms with Crippen LogP contribution in [-0.4, -0.2) is 33.4 Å². The van der Waals surface area contributed by atoms with Gasteiger partial charge in [-0.1, -0.05) is 52.7 Å². The van der Waals surface area contributed by atoms with Crippen LogP contribution in [0.3, 0.4) is 0 Å². The maximum absolute atomic E-state index is 12.4. The smallest absolute Gasteiger partial charge is 0.259 e. The number of nitrogens with zero attached hydrogens (tertiary/aromatic N) is 3. The van der Waals surface area contributed by atoms with Gasteiger partial charge in [-0.2, -0.15) is 0 Å². The summed E-state index contributed by atoms with van der Waals surface area (Å²) in [7, 11) is 0. The van der Waals surface area contributed by atoms with Gasteiger partial charge in [0.25, 0.3) is 5.91 Å². The molecular formula is C15H14Cl2N4O2S. The first kappa shape index (κ1) is 17.1. The molecule has 1 aromatic heterocycles. The Morgan fingerprint density at radius 2 is 2.12 bits per heavy atom. The topological polar surface area (TPSA) is 75.2 Å². The molecule has 2 heterocycles. The van der Waals surface area contributed by atoms with E-state index in [4.69, 9.17) is 23.2 Å². The fraction of sp³-hybridized carbons (Fsp3) is 0.333. The molecule has 6 nitrogen and oxygen atoms in total. The number of carbonyl (C=O) groups is 2. The first-order valence-electron chi connectivity index (χ1n) is 7.24. The summed E-state index contributed by atoms with van der Waals surface area (Å²) >= 11 is 12.2. The molecule has 1 fully saturated rings. The largest absolute Gasteiger partial charge is 0.311 e.